The SMILES string of the molecule is COc1ccc(Cn2cc(CO)c3cccnc32)c(F)c1. The molecule has 2 heterocycles. The first-order valence-electron chi connectivity index (χ1n) is 6.59. The van der Waals surface area contributed by atoms with Crippen LogP contribution in [0.1, 0.15) is 11.1 Å². The number of aromatic nitrogens is 2. The molecule has 5 heteroatoms. The number of nitrogens with zero attached hydrogens (tertiary/aromatic N) is 2. The molecule has 21 heavy (non-hydrogen) atoms. The molecule has 0 radical (unpaired) electrons. The summed E-state index contributed by atoms with van der Waals surface area (Å²) < 4.78 is 20.9. The van der Waals surface area contributed by atoms with Gasteiger partial charge in [-0.1, -0.05) is 6.07 Å². The van der Waals surface area contributed by atoms with E-state index in [-0.39, 0.29) is 12.4 Å². The second kappa shape index (κ2) is 5.54. The molecule has 1 aromatic carbocycles. The molecule has 0 unspecified atom stereocenters. The van der Waals surface area contributed by atoms with Crippen molar-refractivity contribution in [2.45, 2.75) is 13.2 Å². The number of aliphatic hydroxyl groups is 1. The fourth-order valence-electron chi connectivity index (χ4n) is 2.41. The number of pyridine rings is 1. The summed E-state index contributed by atoms with van der Waals surface area (Å²) in [6, 6.07) is 8.50. The van der Waals surface area contributed by atoms with Crippen molar-refractivity contribution >= 4 is 11.0 Å². The third kappa shape index (κ3) is 2.48. The van der Waals surface area contributed by atoms with E-state index in [1.54, 1.807) is 24.5 Å². The summed E-state index contributed by atoms with van der Waals surface area (Å²) in [5.41, 5.74) is 2.06. The van der Waals surface area contributed by atoms with Gasteiger partial charge < -0.3 is 14.4 Å². The van der Waals surface area contributed by atoms with Crippen LogP contribution in [0.15, 0.2) is 42.7 Å². The van der Waals surface area contributed by atoms with E-state index in [0.29, 0.717) is 17.9 Å². The largest absolute Gasteiger partial charge is 0.497 e. The van der Waals surface area contributed by atoms with Gasteiger partial charge in [-0.2, -0.15) is 0 Å². The van der Waals surface area contributed by atoms with Gasteiger partial charge in [-0.3, -0.25) is 0 Å². The molecule has 2 aromatic heterocycles. The number of benzene rings is 1. The second-order valence-electron chi connectivity index (χ2n) is 4.77. The smallest absolute Gasteiger partial charge is 0.140 e. The molecule has 3 rings (SSSR count). The third-order valence-electron chi connectivity index (χ3n) is 3.49. The van der Waals surface area contributed by atoms with Gasteiger partial charge in [-0.05, 0) is 18.2 Å². The maximum atomic E-state index is 14.0. The van der Waals surface area contributed by atoms with Crippen molar-refractivity contribution in [3.05, 3.63) is 59.7 Å². The zero-order valence-corrected chi connectivity index (χ0v) is 11.6. The lowest BCUT2D eigenvalue weighted by molar-refractivity contribution is 0.283. The van der Waals surface area contributed by atoms with Crippen LogP contribution in [0.3, 0.4) is 0 Å². The van der Waals surface area contributed by atoms with E-state index in [4.69, 9.17) is 4.74 Å². The van der Waals surface area contributed by atoms with Crippen molar-refractivity contribution in [3.8, 4) is 5.75 Å². The Kier molecular flexibility index (Phi) is 3.58. The summed E-state index contributed by atoms with van der Waals surface area (Å²) in [5, 5.41) is 10.3. The topological polar surface area (TPSA) is 47.3 Å². The molecule has 0 aliphatic heterocycles. The monoisotopic (exact) mass is 286 g/mol. The van der Waals surface area contributed by atoms with Crippen molar-refractivity contribution < 1.29 is 14.2 Å². The standard InChI is InChI=1S/C16H15FN2O2/c1-21-13-5-4-11(15(17)7-13)8-19-9-12(10-20)14-3-2-6-18-16(14)19/h2-7,9,20H,8,10H2,1H3. The second-order valence-corrected chi connectivity index (χ2v) is 4.77. The number of halogens is 1. The average Bonchev–Trinajstić information content (AvgIpc) is 2.87. The van der Waals surface area contributed by atoms with E-state index in [1.165, 1.54) is 13.2 Å². The maximum absolute atomic E-state index is 14.0. The van der Waals surface area contributed by atoms with Crippen LogP contribution in [0.5, 0.6) is 5.75 Å². The summed E-state index contributed by atoms with van der Waals surface area (Å²) in [7, 11) is 1.51. The molecule has 4 nitrogen and oxygen atoms in total. The van der Waals surface area contributed by atoms with Gasteiger partial charge in [0.05, 0.1) is 20.3 Å². The molecule has 0 atom stereocenters. The van der Waals surface area contributed by atoms with Gasteiger partial charge in [0, 0.05) is 35.0 Å². The van der Waals surface area contributed by atoms with Crippen LogP contribution in [0.4, 0.5) is 4.39 Å². The van der Waals surface area contributed by atoms with Crippen molar-refractivity contribution in [1.82, 2.24) is 9.55 Å². The summed E-state index contributed by atoms with van der Waals surface area (Å²) in [6.07, 6.45) is 3.49. The molecule has 0 spiro atoms. The highest BCUT2D eigenvalue weighted by Gasteiger charge is 2.11. The summed E-state index contributed by atoms with van der Waals surface area (Å²) >= 11 is 0. The van der Waals surface area contributed by atoms with Crippen molar-refractivity contribution in [2.24, 2.45) is 0 Å². The number of hydrogen-bond donors (Lipinski definition) is 1. The fraction of sp³-hybridized carbons (Fsp3) is 0.188. The van der Waals surface area contributed by atoms with Crippen LogP contribution in [-0.2, 0) is 13.2 Å². The summed E-state index contributed by atoms with van der Waals surface area (Å²) in [5.74, 6) is 0.167. The Bertz CT molecular complexity index is 783. The molecule has 0 aliphatic rings. The van der Waals surface area contributed by atoms with Crippen LogP contribution in [0.2, 0.25) is 0 Å². The van der Waals surface area contributed by atoms with Crippen LogP contribution in [0, 0.1) is 5.82 Å². The molecule has 3 aromatic rings. The van der Waals surface area contributed by atoms with E-state index in [0.717, 1.165) is 16.6 Å². The Morgan fingerprint density at radius 3 is 2.86 bits per heavy atom. The van der Waals surface area contributed by atoms with E-state index < -0.39 is 0 Å². The van der Waals surface area contributed by atoms with Gasteiger partial charge in [0.1, 0.15) is 17.2 Å². The Morgan fingerprint density at radius 1 is 1.29 bits per heavy atom. The number of methoxy groups -OCH3 is 1. The Balaban J connectivity index is 2.02. The lowest BCUT2D eigenvalue weighted by Crippen LogP contribution is -2.02. The van der Waals surface area contributed by atoms with Crippen LogP contribution >= 0.6 is 0 Å². The molecule has 0 fully saturated rings. The molecule has 0 aliphatic carbocycles. The number of rotatable bonds is 4. The minimum atomic E-state index is -0.322. The predicted octanol–water partition coefficient (Wildman–Crippen LogP) is 2.72. The van der Waals surface area contributed by atoms with Gasteiger partial charge in [-0.25, -0.2) is 9.37 Å². The molecule has 1 N–H and O–H groups in total. The normalized spacial score (nSPS) is 11.0. The molecule has 0 saturated heterocycles. The molecule has 0 amide bonds. The zero-order chi connectivity index (χ0) is 14.8. The average molecular weight is 286 g/mol. The predicted molar refractivity (Wildman–Crippen MR) is 77.7 cm³/mol. The molecular weight excluding hydrogens is 271 g/mol. The number of ether oxygens (including phenoxy) is 1. The maximum Gasteiger partial charge on any atom is 0.140 e. The lowest BCUT2D eigenvalue weighted by Gasteiger charge is -2.07. The Labute approximate surface area is 121 Å². The van der Waals surface area contributed by atoms with E-state index in [9.17, 15) is 9.50 Å². The fourth-order valence-corrected chi connectivity index (χ4v) is 2.41. The number of hydrogen-bond acceptors (Lipinski definition) is 3. The quantitative estimate of drug-likeness (QED) is 0.802. The van der Waals surface area contributed by atoms with Crippen molar-refractivity contribution in [1.29, 1.82) is 0 Å². The van der Waals surface area contributed by atoms with Crippen molar-refractivity contribution in [2.75, 3.05) is 7.11 Å². The number of fused-ring (bicyclic) bond motifs is 1. The van der Waals surface area contributed by atoms with E-state index in [1.807, 2.05) is 16.7 Å². The van der Waals surface area contributed by atoms with Crippen LogP contribution in [0.25, 0.3) is 11.0 Å². The van der Waals surface area contributed by atoms with Gasteiger partial charge in [0.15, 0.2) is 0 Å². The van der Waals surface area contributed by atoms with Crippen LogP contribution in [-0.4, -0.2) is 21.8 Å². The first-order valence-corrected chi connectivity index (χ1v) is 6.59. The summed E-state index contributed by atoms with van der Waals surface area (Å²) in [6.45, 7) is 0.281. The van der Waals surface area contributed by atoms with Crippen molar-refractivity contribution in [3.63, 3.8) is 0 Å². The first kappa shape index (κ1) is 13.6. The Hall–Kier alpha value is -2.40. The molecular formula is C16H15FN2O2. The third-order valence-corrected chi connectivity index (χ3v) is 3.49. The highest BCUT2D eigenvalue weighted by Crippen LogP contribution is 2.22. The lowest BCUT2D eigenvalue weighted by atomic mass is 10.2. The number of aliphatic hydroxyl groups excluding tert-OH is 1. The minimum Gasteiger partial charge on any atom is -0.497 e. The van der Waals surface area contributed by atoms with Gasteiger partial charge in [0.25, 0.3) is 0 Å². The van der Waals surface area contributed by atoms with E-state index in [2.05, 4.69) is 4.98 Å². The van der Waals surface area contributed by atoms with E-state index >= 15 is 0 Å². The van der Waals surface area contributed by atoms with Gasteiger partial charge >= 0.3 is 0 Å². The highest BCUT2D eigenvalue weighted by atomic mass is 19.1. The highest BCUT2D eigenvalue weighted by molar-refractivity contribution is 5.80. The Morgan fingerprint density at radius 2 is 2.14 bits per heavy atom. The molecule has 0 bridgehead atoms. The first-order chi connectivity index (χ1) is 10.2. The van der Waals surface area contributed by atoms with Crippen LogP contribution < -0.4 is 4.74 Å². The zero-order valence-electron chi connectivity index (χ0n) is 11.6. The minimum absolute atomic E-state index is 0.0692. The summed E-state index contributed by atoms with van der Waals surface area (Å²) in [4.78, 5) is 4.31. The molecule has 0 saturated carbocycles. The van der Waals surface area contributed by atoms with Gasteiger partial charge in [-0.15, -0.1) is 0 Å². The molecule has 108 valence electrons. The van der Waals surface area contributed by atoms with Gasteiger partial charge in [0.2, 0.25) is 0 Å².